The fourth-order valence-corrected chi connectivity index (χ4v) is 8.42. The summed E-state index contributed by atoms with van der Waals surface area (Å²) in [7, 11) is -1.73. The van der Waals surface area contributed by atoms with Gasteiger partial charge in [0.05, 0.1) is 6.33 Å². The zero-order valence-electron chi connectivity index (χ0n) is 12.0. The van der Waals surface area contributed by atoms with Gasteiger partial charge in [0.15, 0.2) is 0 Å². The van der Waals surface area contributed by atoms with E-state index in [-0.39, 0.29) is 0 Å². The molecule has 3 nitrogen and oxygen atoms in total. The van der Waals surface area contributed by atoms with Crippen molar-refractivity contribution < 1.29 is 4.43 Å². The highest BCUT2D eigenvalue weighted by Gasteiger charge is 2.45. The summed E-state index contributed by atoms with van der Waals surface area (Å²) < 4.78 is 8.43. The van der Waals surface area contributed by atoms with Gasteiger partial charge in [0.2, 0.25) is 8.32 Å². The second kappa shape index (κ2) is 5.82. The first-order valence-corrected chi connectivity index (χ1v) is 8.65. The van der Waals surface area contributed by atoms with Crippen molar-refractivity contribution in [3.8, 4) is 0 Å². The minimum atomic E-state index is -1.73. The van der Waals surface area contributed by atoms with Gasteiger partial charge in [0, 0.05) is 12.4 Å². The van der Waals surface area contributed by atoms with Crippen molar-refractivity contribution in [3.05, 3.63) is 18.7 Å². The molecule has 1 aromatic rings. The van der Waals surface area contributed by atoms with E-state index in [1.807, 2.05) is 17.1 Å². The Hall–Kier alpha value is -0.613. The molecule has 0 spiro atoms. The van der Waals surface area contributed by atoms with Gasteiger partial charge in [0.25, 0.3) is 0 Å². The van der Waals surface area contributed by atoms with Gasteiger partial charge in [-0.1, -0.05) is 41.5 Å². The maximum Gasteiger partial charge on any atom is 0.202 e. The highest BCUT2D eigenvalue weighted by atomic mass is 28.4. The monoisotopic (exact) mass is 254 g/mol. The van der Waals surface area contributed by atoms with Crippen LogP contribution < -0.4 is 0 Å². The van der Waals surface area contributed by atoms with E-state index >= 15 is 0 Å². The summed E-state index contributed by atoms with van der Waals surface area (Å²) in [6.45, 7) is 14.5. The Kier molecular flexibility index (Phi) is 4.95. The molecule has 0 aliphatic carbocycles. The van der Waals surface area contributed by atoms with Gasteiger partial charge >= 0.3 is 0 Å². The maximum atomic E-state index is 6.42. The largest absolute Gasteiger partial charge is 0.398 e. The third-order valence-electron chi connectivity index (χ3n) is 3.73. The summed E-state index contributed by atoms with van der Waals surface area (Å²) in [5.74, 6) is 0. The van der Waals surface area contributed by atoms with Crippen LogP contribution in [0, 0.1) is 0 Å². The molecule has 0 N–H and O–H groups in total. The Labute approximate surface area is 106 Å². The van der Waals surface area contributed by atoms with E-state index in [9.17, 15) is 0 Å². The molecule has 0 aliphatic rings. The van der Waals surface area contributed by atoms with Crippen LogP contribution in [0.1, 0.15) is 41.5 Å². The van der Waals surface area contributed by atoms with Crippen LogP contribution in [-0.4, -0.2) is 17.9 Å². The summed E-state index contributed by atoms with van der Waals surface area (Å²) in [5, 5.41) is 0. The Balaban J connectivity index is 2.83. The molecule has 0 saturated carbocycles. The van der Waals surface area contributed by atoms with Gasteiger partial charge in [-0.25, -0.2) is 4.98 Å². The molecule has 1 rings (SSSR count). The quantitative estimate of drug-likeness (QED) is 0.717. The minimum absolute atomic E-state index is 0.631. The molecule has 1 aromatic heterocycles. The van der Waals surface area contributed by atoms with Crippen LogP contribution in [0.3, 0.4) is 0 Å². The average Bonchev–Trinajstić information content (AvgIpc) is 2.69. The predicted molar refractivity (Wildman–Crippen MR) is 74.4 cm³/mol. The zero-order chi connectivity index (χ0) is 13.1. The Morgan fingerprint density at radius 3 is 1.94 bits per heavy atom. The Morgan fingerprint density at radius 1 is 1.06 bits per heavy atom. The van der Waals surface area contributed by atoms with Crippen LogP contribution in [0.4, 0.5) is 0 Å². The van der Waals surface area contributed by atoms with Crippen LogP contribution in [0.15, 0.2) is 18.7 Å². The molecule has 0 aromatic carbocycles. The van der Waals surface area contributed by atoms with Crippen molar-refractivity contribution in [2.75, 3.05) is 0 Å². The van der Waals surface area contributed by atoms with Gasteiger partial charge in [-0.05, 0) is 16.6 Å². The average molecular weight is 254 g/mol. The van der Waals surface area contributed by atoms with Crippen molar-refractivity contribution in [3.63, 3.8) is 0 Å². The number of nitrogens with zero attached hydrogens (tertiary/aromatic N) is 2. The van der Waals surface area contributed by atoms with Gasteiger partial charge in [-0.15, -0.1) is 0 Å². The van der Waals surface area contributed by atoms with E-state index in [1.165, 1.54) is 0 Å². The number of imidazole rings is 1. The van der Waals surface area contributed by atoms with Crippen molar-refractivity contribution in [2.24, 2.45) is 0 Å². The van der Waals surface area contributed by atoms with E-state index in [2.05, 4.69) is 46.5 Å². The second-order valence-corrected chi connectivity index (χ2v) is 11.1. The molecule has 0 saturated heterocycles. The lowest BCUT2D eigenvalue weighted by Gasteiger charge is -2.42. The molecule has 0 radical (unpaired) electrons. The SMILES string of the molecule is CC(C)[Si](OCn1ccnc1)(C(C)C)C(C)C. The standard InChI is InChI=1S/C13H26N2OSi/c1-11(2)17(12(3)4,13(5)6)16-10-15-8-7-14-9-15/h7-9,11-13H,10H2,1-6H3. The first-order valence-electron chi connectivity index (χ1n) is 6.51. The van der Waals surface area contributed by atoms with Gasteiger partial charge < -0.3 is 8.99 Å². The molecule has 4 heteroatoms. The smallest absolute Gasteiger partial charge is 0.202 e. The Morgan fingerprint density at radius 2 is 1.59 bits per heavy atom. The highest BCUT2D eigenvalue weighted by molar-refractivity contribution is 6.77. The summed E-state index contributed by atoms with van der Waals surface area (Å²) in [4.78, 5) is 4.06. The zero-order valence-corrected chi connectivity index (χ0v) is 13.0. The molecule has 0 atom stereocenters. The fraction of sp³-hybridized carbons (Fsp3) is 0.769. The van der Waals surface area contributed by atoms with E-state index in [0.717, 1.165) is 0 Å². The van der Waals surface area contributed by atoms with Crippen molar-refractivity contribution in [2.45, 2.75) is 64.9 Å². The number of hydrogen-bond acceptors (Lipinski definition) is 2. The van der Waals surface area contributed by atoms with Crippen LogP contribution in [-0.2, 0) is 11.2 Å². The van der Waals surface area contributed by atoms with Crippen molar-refractivity contribution >= 4 is 8.32 Å². The lowest BCUT2D eigenvalue weighted by molar-refractivity contribution is 0.204. The topological polar surface area (TPSA) is 27.1 Å². The Bertz CT molecular complexity index is 298. The number of aromatic nitrogens is 2. The molecular formula is C13H26N2OSi. The summed E-state index contributed by atoms with van der Waals surface area (Å²) in [6, 6.07) is 0. The van der Waals surface area contributed by atoms with Crippen molar-refractivity contribution in [1.82, 2.24) is 9.55 Å². The molecular weight excluding hydrogens is 228 g/mol. The molecule has 0 amide bonds. The van der Waals surface area contributed by atoms with Crippen LogP contribution in [0.2, 0.25) is 16.6 Å². The maximum absolute atomic E-state index is 6.42. The number of hydrogen-bond donors (Lipinski definition) is 0. The predicted octanol–water partition coefficient (Wildman–Crippen LogP) is 4.03. The third kappa shape index (κ3) is 2.99. The van der Waals surface area contributed by atoms with E-state index in [4.69, 9.17) is 4.43 Å². The molecule has 0 unspecified atom stereocenters. The van der Waals surface area contributed by atoms with Crippen molar-refractivity contribution in [1.29, 1.82) is 0 Å². The lowest BCUT2D eigenvalue weighted by atomic mass is 10.5. The first-order chi connectivity index (χ1) is 7.91. The molecule has 98 valence electrons. The fourth-order valence-electron chi connectivity index (χ4n) is 3.05. The van der Waals surface area contributed by atoms with E-state index in [1.54, 1.807) is 6.20 Å². The molecule has 0 bridgehead atoms. The number of rotatable bonds is 6. The first kappa shape index (κ1) is 14.4. The lowest BCUT2D eigenvalue weighted by Crippen LogP contribution is -2.48. The molecule has 0 fully saturated rings. The van der Waals surface area contributed by atoms with Crippen LogP contribution in [0.5, 0.6) is 0 Å². The van der Waals surface area contributed by atoms with E-state index < -0.39 is 8.32 Å². The van der Waals surface area contributed by atoms with Crippen LogP contribution >= 0.6 is 0 Å². The molecule has 17 heavy (non-hydrogen) atoms. The third-order valence-corrected chi connectivity index (χ3v) is 9.77. The normalized spacial score (nSPS) is 13.0. The van der Waals surface area contributed by atoms with Gasteiger partial charge in [-0.2, -0.15) is 0 Å². The second-order valence-electron chi connectivity index (χ2n) is 5.67. The summed E-state index contributed by atoms with van der Waals surface area (Å²) in [5.41, 5.74) is 1.89. The summed E-state index contributed by atoms with van der Waals surface area (Å²) in [6.07, 6.45) is 5.58. The van der Waals surface area contributed by atoms with Crippen LogP contribution in [0.25, 0.3) is 0 Å². The molecule has 1 heterocycles. The van der Waals surface area contributed by atoms with Gasteiger partial charge in [0.1, 0.15) is 6.73 Å². The highest BCUT2D eigenvalue weighted by Crippen LogP contribution is 2.42. The molecule has 0 aliphatic heterocycles. The van der Waals surface area contributed by atoms with E-state index in [0.29, 0.717) is 23.4 Å². The van der Waals surface area contributed by atoms with Gasteiger partial charge in [-0.3, -0.25) is 0 Å². The summed E-state index contributed by atoms with van der Waals surface area (Å²) >= 11 is 0. The minimum Gasteiger partial charge on any atom is -0.398 e.